The van der Waals surface area contributed by atoms with E-state index in [1.165, 1.54) is 6.07 Å². The van der Waals surface area contributed by atoms with Crippen LogP contribution in [0.15, 0.2) is 18.2 Å². The molecule has 0 aliphatic heterocycles. The molecule has 0 spiro atoms. The first-order chi connectivity index (χ1) is 8.19. The van der Waals surface area contributed by atoms with Gasteiger partial charge in [-0.05, 0) is 13.0 Å². The Bertz CT molecular complexity index is 347. The summed E-state index contributed by atoms with van der Waals surface area (Å²) in [4.78, 5) is 0. The maximum Gasteiger partial charge on any atom is 0.128 e. The zero-order valence-electron chi connectivity index (χ0n) is 10.2. The molecule has 0 saturated heterocycles. The highest BCUT2D eigenvalue weighted by Crippen LogP contribution is 2.18. The number of hydrogen-bond donors (Lipinski definition) is 2. The fourth-order valence-electron chi connectivity index (χ4n) is 1.50. The molecule has 0 saturated carbocycles. The average Bonchev–Trinajstić information content (AvgIpc) is 2.33. The lowest BCUT2D eigenvalue weighted by molar-refractivity contribution is 0.0581. The van der Waals surface area contributed by atoms with Gasteiger partial charge >= 0.3 is 0 Å². The largest absolute Gasteiger partial charge is 0.382 e. The average molecular weight is 242 g/mol. The van der Waals surface area contributed by atoms with Crippen LogP contribution in [0, 0.1) is 12.7 Å². The second-order valence-electron chi connectivity index (χ2n) is 3.81. The van der Waals surface area contributed by atoms with Crippen LogP contribution in [0.25, 0.3) is 0 Å². The Hall–Kier alpha value is -1.01. The molecule has 1 aromatic carbocycles. The predicted octanol–water partition coefficient (Wildman–Crippen LogP) is 1.30. The third-order valence-electron chi connectivity index (χ3n) is 2.44. The summed E-state index contributed by atoms with van der Waals surface area (Å²) in [7, 11) is 1.60. The van der Waals surface area contributed by atoms with Gasteiger partial charge in [-0.2, -0.15) is 0 Å². The summed E-state index contributed by atoms with van der Waals surface area (Å²) < 4.78 is 23.8. The number of nitrogens with two attached hydrogens (primary N) is 1. The third-order valence-corrected chi connectivity index (χ3v) is 2.44. The van der Waals surface area contributed by atoms with E-state index in [1.807, 2.05) is 6.92 Å². The quantitative estimate of drug-likeness (QED) is 0.430. The Labute approximate surface area is 101 Å². The summed E-state index contributed by atoms with van der Waals surface area (Å²) in [6.45, 7) is 3.18. The van der Waals surface area contributed by atoms with Crippen molar-refractivity contribution < 1.29 is 13.9 Å². The van der Waals surface area contributed by atoms with Gasteiger partial charge in [0.15, 0.2) is 0 Å². The van der Waals surface area contributed by atoms with Crippen molar-refractivity contribution in [2.24, 2.45) is 5.84 Å². The van der Waals surface area contributed by atoms with Gasteiger partial charge in [0, 0.05) is 12.7 Å². The van der Waals surface area contributed by atoms with E-state index in [9.17, 15) is 4.39 Å². The molecule has 1 aromatic rings. The van der Waals surface area contributed by atoms with E-state index < -0.39 is 0 Å². The molecule has 0 aromatic heterocycles. The second kappa shape index (κ2) is 7.34. The number of nitrogens with one attached hydrogen (secondary N) is 1. The highest BCUT2D eigenvalue weighted by molar-refractivity contribution is 5.26. The van der Waals surface area contributed by atoms with Gasteiger partial charge in [0.1, 0.15) is 5.82 Å². The molecule has 0 amide bonds. The molecular weight excluding hydrogens is 223 g/mol. The number of halogens is 1. The van der Waals surface area contributed by atoms with Crippen molar-refractivity contribution in [3.8, 4) is 0 Å². The number of hydrogen-bond acceptors (Lipinski definition) is 4. The maximum atomic E-state index is 13.6. The molecule has 0 heterocycles. The molecule has 0 bridgehead atoms. The number of methoxy groups -OCH3 is 1. The first-order valence-electron chi connectivity index (χ1n) is 5.48. The molecule has 5 heteroatoms. The monoisotopic (exact) mass is 242 g/mol. The lowest BCUT2D eigenvalue weighted by Gasteiger charge is -2.17. The zero-order valence-corrected chi connectivity index (χ0v) is 10.2. The smallest absolute Gasteiger partial charge is 0.128 e. The Balaban J connectivity index is 2.62. The molecule has 0 fully saturated rings. The topological polar surface area (TPSA) is 56.5 Å². The van der Waals surface area contributed by atoms with E-state index >= 15 is 0 Å². The van der Waals surface area contributed by atoms with Gasteiger partial charge in [0.05, 0.1) is 25.9 Å². The van der Waals surface area contributed by atoms with Crippen molar-refractivity contribution in [2.75, 3.05) is 26.9 Å². The van der Waals surface area contributed by atoms with Crippen LogP contribution >= 0.6 is 0 Å². The number of benzene rings is 1. The normalized spacial score (nSPS) is 12.7. The molecule has 1 rings (SSSR count). The lowest BCUT2D eigenvalue weighted by Crippen LogP contribution is -2.32. The maximum absolute atomic E-state index is 13.6. The van der Waals surface area contributed by atoms with Crippen molar-refractivity contribution in [1.82, 2.24) is 5.43 Å². The van der Waals surface area contributed by atoms with E-state index in [4.69, 9.17) is 15.3 Å². The first-order valence-corrected chi connectivity index (χ1v) is 5.48. The molecule has 0 aliphatic carbocycles. The van der Waals surface area contributed by atoms with Crippen LogP contribution in [0.2, 0.25) is 0 Å². The summed E-state index contributed by atoms with van der Waals surface area (Å²) in [6.07, 6.45) is 0. The molecular formula is C12H19FN2O2. The fourth-order valence-corrected chi connectivity index (χ4v) is 1.50. The van der Waals surface area contributed by atoms with Gasteiger partial charge < -0.3 is 9.47 Å². The van der Waals surface area contributed by atoms with E-state index in [0.29, 0.717) is 25.4 Å². The highest BCUT2D eigenvalue weighted by atomic mass is 19.1. The van der Waals surface area contributed by atoms with Crippen LogP contribution in [0.3, 0.4) is 0 Å². The minimum atomic E-state index is -0.355. The van der Waals surface area contributed by atoms with Crippen molar-refractivity contribution in [2.45, 2.75) is 13.0 Å². The highest BCUT2D eigenvalue weighted by Gasteiger charge is 2.14. The van der Waals surface area contributed by atoms with Gasteiger partial charge in [-0.3, -0.25) is 11.3 Å². The number of rotatable bonds is 7. The number of ether oxygens (including phenoxy) is 2. The summed E-state index contributed by atoms with van der Waals surface area (Å²) >= 11 is 0. The predicted molar refractivity (Wildman–Crippen MR) is 63.9 cm³/mol. The molecule has 17 heavy (non-hydrogen) atoms. The van der Waals surface area contributed by atoms with Crippen LogP contribution in [-0.4, -0.2) is 26.9 Å². The van der Waals surface area contributed by atoms with Crippen molar-refractivity contribution in [3.63, 3.8) is 0 Å². The number of aryl methyl sites for hydroxylation is 1. The van der Waals surface area contributed by atoms with E-state index in [0.717, 1.165) is 5.56 Å². The van der Waals surface area contributed by atoms with Gasteiger partial charge in [0.2, 0.25) is 0 Å². The molecule has 4 nitrogen and oxygen atoms in total. The number of hydrazine groups is 1. The van der Waals surface area contributed by atoms with Crippen LogP contribution in [0.5, 0.6) is 0 Å². The first kappa shape index (κ1) is 14.1. The summed E-state index contributed by atoms with van der Waals surface area (Å²) in [6, 6.07) is 4.56. The Morgan fingerprint density at radius 3 is 2.82 bits per heavy atom. The van der Waals surface area contributed by atoms with Crippen molar-refractivity contribution >= 4 is 0 Å². The van der Waals surface area contributed by atoms with E-state index in [1.54, 1.807) is 19.2 Å². The molecule has 1 atom stereocenters. The minimum absolute atomic E-state index is 0.283. The molecule has 0 radical (unpaired) electrons. The van der Waals surface area contributed by atoms with Crippen LogP contribution in [0.4, 0.5) is 4.39 Å². The molecule has 96 valence electrons. The Morgan fingerprint density at radius 2 is 2.18 bits per heavy atom. The summed E-state index contributed by atoms with van der Waals surface area (Å²) in [5.41, 5.74) is 4.06. The van der Waals surface area contributed by atoms with Gasteiger partial charge in [-0.1, -0.05) is 17.7 Å². The van der Waals surface area contributed by atoms with Crippen LogP contribution in [-0.2, 0) is 9.47 Å². The second-order valence-corrected chi connectivity index (χ2v) is 3.81. The van der Waals surface area contributed by atoms with Crippen LogP contribution in [0.1, 0.15) is 17.2 Å². The minimum Gasteiger partial charge on any atom is -0.382 e. The SMILES string of the molecule is COCCOCC(NN)c1cc(C)ccc1F. The Morgan fingerprint density at radius 1 is 1.41 bits per heavy atom. The van der Waals surface area contributed by atoms with Crippen LogP contribution < -0.4 is 11.3 Å². The third kappa shape index (κ3) is 4.40. The van der Waals surface area contributed by atoms with Crippen molar-refractivity contribution in [1.29, 1.82) is 0 Å². The van der Waals surface area contributed by atoms with Gasteiger partial charge in [-0.15, -0.1) is 0 Å². The Kier molecular flexibility index (Phi) is 6.07. The van der Waals surface area contributed by atoms with Gasteiger partial charge in [0.25, 0.3) is 0 Å². The summed E-state index contributed by atoms with van der Waals surface area (Å²) in [5, 5.41) is 0. The fraction of sp³-hybridized carbons (Fsp3) is 0.500. The molecule has 3 N–H and O–H groups in total. The van der Waals surface area contributed by atoms with Gasteiger partial charge in [-0.25, -0.2) is 4.39 Å². The summed E-state index contributed by atoms with van der Waals surface area (Å²) in [5.74, 6) is 5.13. The van der Waals surface area contributed by atoms with E-state index in [-0.39, 0.29) is 11.9 Å². The zero-order chi connectivity index (χ0) is 12.7. The van der Waals surface area contributed by atoms with E-state index in [2.05, 4.69) is 5.43 Å². The lowest BCUT2D eigenvalue weighted by atomic mass is 10.0. The molecule has 1 unspecified atom stereocenters. The standard InChI is InChI=1S/C12H19FN2O2/c1-9-3-4-11(13)10(7-9)12(15-14)8-17-6-5-16-2/h3-4,7,12,15H,5-6,8,14H2,1-2H3. The van der Waals surface area contributed by atoms with Crippen molar-refractivity contribution in [3.05, 3.63) is 35.1 Å². The molecule has 0 aliphatic rings.